The fraction of sp³-hybridized carbons (Fsp3) is 0.562. The summed E-state index contributed by atoms with van der Waals surface area (Å²) in [6.45, 7) is 2.06. The molecular weight excluding hydrogens is 282 g/mol. The van der Waals surface area contributed by atoms with Gasteiger partial charge in [-0.2, -0.15) is 0 Å². The van der Waals surface area contributed by atoms with Crippen LogP contribution >= 0.6 is 0 Å². The molecule has 3 heterocycles. The minimum absolute atomic E-state index is 0.00229. The highest BCUT2D eigenvalue weighted by atomic mass is 16.5. The molecule has 0 aromatic carbocycles. The topological polar surface area (TPSA) is 62.7 Å². The lowest BCUT2D eigenvalue weighted by atomic mass is 10.1. The predicted octanol–water partition coefficient (Wildman–Crippen LogP) is 0.543. The van der Waals surface area contributed by atoms with E-state index < -0.39 is 0 Å². The number of carbonyl (C=O) groups excluding carboxylic acids is 2. The molecule has 0 radical (unpaired) electrons. The average molecular weight is 301 g/mol. The molecule has 6 nitrogen and oxygen atoms in total. The number of hydrogen-bond acceptors (Lipinski definition) is 4. The molecule has 0 unspecified atom stereocenters. The number of morpholine rings is 1. The number of hydrogen-bond donors (Lipinski definition) is 0. The second-order valence-electron chi connectivity index (χ2n) is 6.36. The van der Waals surface area contributed by atoms with E-state index in [2.05, 4.69) is 4.98 Å². The Morgan fingerprint density at radius 3 is 2.95 bits per heavy atom. The van der Waals surface area contributed by atoms with Gasteiger partial charge in [0.25, 0.3) is 5.91 Å². The SMILES string of the molecule is O=C(c1cccnc1)N1C[C@@H]2OCC(=O)N(CC3CC3)[C@@H]2C1. The normalized spacial score (nSPS) is 27.9. The third kappa shape index (κ3) is 2.47. The lowest BCUT2D eigenvalue weighted by Gasteiger charge is -2.36. The first kappa shape index (κ1) is 13.7. The Morgan fingerprint density at radius 2 is 2.23 bits per heavy atom. The smallest absolute Gasteiger partial charge is 0.255 e. The number of fused-ring (bicyclic) bond motifs is 1. The molecule has 6 heteroatoms. The number of ether oxygens (including phenoxy) is 1. The highest BCUT2D eigenvalue weighted by Gasteiger charge is 2.45. The summed E-state index contributed by atoms with van der Waals surface area (Å²) in [7, 11) is 0. The van der Waals surface area contributed by atoms with Crippen molar-refractivity contribution in [2.45, 2.75) is 25.0 Å². The first-order valence-corrected chi connectivity index (χ1v) is 7.83. The molecule has 116 valence electrons. The van der Waals surface area contributed by atoms with Gasteiger partial charge in [-0.15, -0.1) is 0 Å². The van der Waals surface area contributed by atoms with Crippen LogP contribution in [0, 0.1) is 5.92 Å². The van der Waals surface area contributed by atoms with Gasteiger partial charge < -0.3 is 14.5 Å². The van der Waals surface area contributed by atoms with Gasteiger partial charge >= 0.3 is 0 Å². The molecule has 22 heavy (non-hydrogen) atoms. The summed E-state index contributed by atoms with van der Waals surface area (Å²) in [5, 5.41) is 0. The maximum absolute atomic E-state index is 12.5. The standard InChI is InChI=1S/C16H19N3O3/c20-15-10-22-14-9-18(16(21)12-2-1-5-17-6-12)8-13(14)19(15)7-11-3-4-11/h1-2,5-6,11,13-14H,3-4,7-10H2/t13-,14+/m1/s1. The number of nitrogens with zero attached hydrogens (tertiary/aromatic N) is 3. The maximum Gasteiger partial charge on any atom is 0.255 e. The molecule has 1 aromatic rings. The zero-order valence-electron chi connectivity index (χ0n) is 12.4. The van der Waals surface area contributed by atoms with Crippen molar-refractivity contribution in [2.24, 2.45) is 5.92 Å². The second kappa shape index (κ2) is 5.35. The first-order valence-electron chi connectivity index (χ1n) is 7.83. The van der Waals surface area contributed by atoms with Gasteiger partial charge in [0.15, 0.2) is 0 Å². The van der Waals surface area contributed by atoms with E-state index in [-0.39, 0.29) is 30.6 Å². The van der Waals surface area contributed by atoms with Gasteiger partial charge in [0, 0.05) is 32.0 Å². The van der Waals surface area contributed by atoms with E-state index >= 15 is 0 Å². The van der Waals surface area contributed by atoms with Crippen molar-refractivity contribution in [3.05, 3.63) is 30.1 Å². The van der Waals surface area contributed by atoms with Crippen LogP contribution in [0.4, 0.5) is 0 Å². The quantitative estimate of drug-likeness (QED) is 0.817. The van der Waals surface area contributed by atoms with Crippen molar-refractivity contribution < 1.29 is 14.3 Å². The summed E-state index contributed by atoms with van der Waals surface area (Å²) in [6.07, 6.45) is 5.59. The first-order chi connectivity index (χ1) is 10.7. The highest BCUT2D eigenvalue weighted by Crippen LogP contribution is 2.33. The van der Waals surface area contributed by atoms with E-state index in [1.807, 2.05) is 4.90 Å². The number of aromatic nitrogens is 1. The number of rotatable bonds is 3. The molecule has 1 aromatic heterocycles. The molecule has 1 saturated carbocycles. The van der Waals surface area contributed by atoms with E-state index in [0.29, 0.717) is 24.6 Å². The summed E-state index contributed by atoms with van der Waals surface area (Å²) in [4.78, 5) is 32.4. The highest BCUT2D eigenvalue weighted by molar-refractivity contribution is 5.94. The summed E-state index contributed by atoms with van der Waals surface area (Å²) < 4.78 is 5.66. The minimum Gasteiger partial charge on any atom is -0.364 e. The van der Waals surface area contributed by atoms with Crippen molar-refractivity contribution in [2.75, 3.05) is 26.2 Å². The van der Waals surface area contributed by atoms with Gasteiger partial charge in [-0.1, -0.05) is 0 Å². The van der Waals surface area contributed by atoms with Gasteiger partial charge in [-0.05, 0) is 30.9 Å². The number of pyridine rings is 1. The van der Waals surface area contributed by atoms with E-state index in [4.69, 9.17) is 4.74 Å². The minimum atomic E-state index is -0.0583. The predicted molar refractivity (Wildman–Crippen MR) is 78.1 cm³/mol. The van der Waals surface area contributed by atoms with Gasteiger partial charge in [0.2, 0.25) is 5.91 Å². The van der Waals surface area contributed by atoms with E-state index in [1.165, 1.54) is 12.8 Å². The molecular formula is C16H19N3O3. The van der Waals surface area contributed by atoms with E-state index in [9.17, 15) is 9.59 Å². The number of amides is 2. The van der Waals surface area contributed by atoms with Gasteiger partial charge in [0.1, 0.15) is 6.61 Å². The maximum atomic E-state index is 12.5. The van der Waals surface area contributed by atoms with Crippen LogP contribution in [0.2, 0.25) is 0 Å². The van der Waals surface area contributed by atoms with Crippen LogP contribution in [0.3, 0.4) is 0 Å². The molecule has 3 fully saturated rings. The summed E-state index contributed by atoms with van der Waals surface area (Å²) in [6, 6.07) is 3.53. The van der Waals surface area contributed by atoms with Crippen LogP contribution in [0.1, 0.15) is 23.2 Å². The fourth-order valence-electron chi connectivity index (χ4n) is 3.32. The summed E-state index contributed by atoms with van der Waals surface area (Å²) in [5.41, 5.74) is 0.584. The zero-order chi connectivity index (χ0) is 15.1. The van der Waals surface area contributed by atoms with Crippen molar-refractivity contribution in [3.63, 3.8) is 0 Å². The Hall–Kier alpha value is -1.95. The van der Waals surface area contributed by atoms with E-state index in [0.717, 1.165) is 6.54 Å². The Morgan fingerprint density at radius 1 is 1.36 bits per heavy atom. The molecule has 0 bridgehead atoms. The lowest BCUT2D eigenvalue weighted by Crippen LogP contribution is -2.54. The van der Waals surface area contributed by atoms with Crippen LogP contribution in [0.15, 0.2) is 24.5 Å². The van der Waals surface area contributed by atoms with E-state index in [1.54, 1.807) is 29.4 Å². The molecule has 1 aliphatic carbocycles. The Bertz CT molecular complexity index is 588. The van der Waals surface area contributed by atoms with Crippen molar-refractivity contribution in [1.82, 2.24) is 14.8 Å². The van der Waals surface area contributed by atoms with Crippen molar-refractivity contribution in [3.8, 4) is 0 Å². The Kier molecular flexibility index (Phi) is 3.33. The van der Waals surface area contributed by atoms with Gasteiger partial charge in [0.05, 0.1) is 17.7 Å². The molecule has 2 aliphatic heterocycles. The molecule has 2 saturated heterocycles. The number of carbonyl (C=O) groups is 2. The molecule has 0 N–H and O–H groups in total. The molecule has 0 spiro atoms. The lowest BCUT2D eigenvalue weighted by molar-refractivity contribution is -0.153. The van der Waals surface area contributed by atoms with Gasteiger partial charge in [-0.3, -0.25) is 14.6 Å². The Labute approximate surface area is 129 Å². The van der Waals surface area contributed by atoms with Crippen molar-refractivity contribution in [1.29, 1.82) is 0 Å². The third-order valence-electron chi connectivity index (χ3n) is 4.73. The van der Waals surface area contributed by atoms with Crippen LogP contribution in [-0.2, 0) is 9.53 Å². The zero-order valence-corrected chi connectivity index (χ0v) is 12.4. The largest absolute Gasteiger partial charge is 0.364 e. The average Bonchev–Trinajstić information content (AvgIpc) is 3.26. The van der Waals surface area contributed by atoms with Crippen LogP contribution < -0.4 is 0 Å². The van der Waals surface area contributed by atoms with Crippen LogP contribution in [-0.4, -0.2) is 65.0 Å². The summed E-state index contributed by atoms with van der Waals surface area (Å²) in [5.74, 6) is 0.666. The van der Waals surface area contributed by atoms with Crippen molar-refractivity contribution >= 4 is 11.8 Å². The van der Waals surface area contributed by atoms with Gasteiger partial charge in [-0.25, -0.2) is 0 Å². The fourth-order valence-corrected chi connectivity index (χ4v) is 3.32. The molecule has 4 rings (SSSR count). The number of likely N-dealkylation sites (tertiary alicyclic amines) is 1. The Balaban J connectivity index is 1.49. The van der Waals surface area contributed by atoms with Crippen LogP contribution in [0.25, 0.3) is 0 Å². The monoisotopic (exact) mass is 301 g/mol. The van der Waals surface area contributed by atoms with Crippen LogP contribution in [0.5, 0.6) is 0 Å². The second-order valence-corrected chi connectivity index (χ2v) is 6.36. The molecule has 3 aliphatic rings. The molecule has 2 amide bonds. The molecule has 2 atom stereocenters. The third-order valence-corrected chi connectivity index (χ3v) is 4.73. The summed E-state index contributed by atoms with van der Waals surface area (Å²) >= 11 is 0.